The molecule has 88 valence electrons. The molecule has 0 radical (unpaired) electrons. The number of hydrogen-bond donors (Lipinski definition) is 0. The summed E-state index contributed by atoms with van der Waals surface area (Å²) in [5, 5.41) is 0.700. The van der Waals surface area contributed by atoms with Gasteiger partial charge < -0.3 is 4.57 Å². The predicted octanol–water partition coefficient (Wildman–Crippen LogP) is 3.87. The Morgan fingerprint density at radius 1 is 1.18 bits per heavy atom. The van der Waals surface area contributed by atoms with Gasteiger partial charge in [-0.1, -0.05) is 17.7 Å². The highest BCUT2D eigenvalue weighted by Crippen LogP contribution is 2.25. The summed E-state index contributed by atoms with van der Waals surface area (Å²) in [6.07, 6.45) is 0.888. The molecule has 0 aliphatic heterocycles. The van der Waals surface area contributed by atoms with E-state index in [1.54, 1.807) is 0 Å². The van der Waals surface area contributed by atoms with Gasteiger partial charge in [0.2, 0.25) is 0 Å². The van der Waals surface area contributed by atoms with Gasteiger partial charge in [0.15, 0.2) is 6.29 Å². The van der Waals surface area contributed by atoms with Gasteiger partial charge in [-0.15, -0.1) is 0 Å². The molecule has 0 amide bonds. The SMILES string of the molecule is Cc1ccc(Cl)cc1-n1c(C)cc(C=O)c1C. The first-order valence-corrected chi connectivity index (χ1v) is 5.83. The van der Waals surface area contributed by atoms with Crippen LogP contribution in [-0.2, 0) is 0 Å². The highest BCUT2D eigenvalue weighted by Gasteiger charge is 2.11. The maximum atomic E-state index is 10.9. The Kier molecular flexibility index (Phi) is 3.07. The number of rotatable bonds is 2. The number of aromatic nitrogens is 1. The van der Waals surface area contributed by atoms with E-state index in [2.05, 4.69) is 4.57 Å². The summed E-state index contributed by atoms with van der Waals surface area (Å²) in [5.74, 6) is 0. The van der Waals surface area contributed by atoms with Crippen molar-refractivity contribution in [1.82, 2.24) is 4.57 Å². The van der Waals surface area contributed by atoms with Gasteiger partial charge >= 0.3 is 0 Å². The number of carbonyl (C=O) groups excluding carboxylic acids is 1. The van der Waals surface area contributed by atoms with E-state index in [0.717, 1.165) is 34.5 Å². The molecule has 0 atom stereocenters. The van der Waals surface area contributed by atoms with Gasteiger partial charge in [-0.25, -0.2) is 0 Å². The van der Waals surface area contributed by atoms with Gasteiger partial charge in [-0.05, 0) is 44.5 Å². The van der Waals surface area contributed by atoms with Gasteiger partial charge in [0.25, 0.3) is 0 Å². The number of benzene rings is 1. The first-order valence-electron chi connectivity index (χ1n) is 5.45. The molecule has 0 aliphatic rings. The molecule has 3 heteroatoms. The van der Waals surface area contributed by atoms with Crippen molar-refractivity contribution in [1.29, 1.82) is 0 Å². The Hall–Kier alpha value is -1.54. The monoisotopic (exact) mass is 247 g/mol. The van der Waals surface area contributed by atoms with E-state index < -0.39 is 0 Å². The van der Waals surface area contributed by atoms with E-state index in [1.807, 2.05) is 45.0 Å². The standard InChI is InChI=1S/C14H14ClNO/c1-9-4-5-13(15)7-14(9)16-10(2)6-12(8-17)11(16)3/h4-8H,1-3H3. The number of nitrogens with zero attached hydrogens (tertiary/aromatic N) is 1. The molecule has 0 aliphatic carbocycles. The molecule has 0 spiro atoms. The second-order valence-electron chi connectivity index (χ2n) is 4.21. The zero-order chi connectivity index (χ0) is 12.6. The van der Waals surface area contributed by atoms with Crippen LogP contribution in [0.25, 0.3) is 5.69 Å². The van der Waals surface area contributed by atoms with Crippen LogP contribution in [0.5, 0.6) is 0 Å². The molecular weight excluding hydrogens is 234 g/mol. The zero-order valence-corrected chi connectivity index (χ0v) is 10.9. The molecule has 1 heterocycles. The van der Waals surface area contributed by atoms with Crippen LogP contribution in [0.2, 0.25) is 5.02 Å². The molecule has 2 nitrogen and oxygen atoms in total. The topological polar surface area (TPSA) is 22.0 Å². The Balaban J connectivity index is 2.72. The van der Waals surface area contributed by atoms with Crippen LogP contribution >= 0.6 is 11.6 Å². The minimum atomic E-state index is 0.700. The number of carbonyl (C=O) groups is 1. The predicted molar refractivity (Wildman–Crippen MR) is 70.4 cm³/mol. The van der Waals surface area contributed by atoms with E-state index in [4.69, 9.17) is 11.6 Å². The van der Waals surface area contributed by atoms with Gasteiger partial charge in [-0.2, -0.15) is 0 Å². The smallest absolute Gasteiger partial charge is 0.151 e. The van der Waals surface area contributed by atoms with Crippen molar-refractivity contribution in [3.63, 3.8) is 0 Å². The lowest BCUT2D eigenvalue weighted by molar-refractivity contribution is 0.112. The molecule has 0 saturated heterocycles. The van der Waals surface area contributed by atoms with Gasteiger partial charge in [0.1, 0.15) is 0 Å². The van der Waals surface area contributed by atoms with E-state index in [9.17, 15) is 4.79 Å². The summed E-state index contributed by atoms with van der Waals surface area (Å²) in [6.45, 7) is 5.96. The quantitative estimate of drug-likeness (QED) is 0.739. The highest BCUT2D eigenvalue weighted by atomic mass is 35.5. The van der Waals surface area contributed by atoms with Gasteiger partial charge in [0, 0.05) is 27.7 Å². The van der Waals surface area contributed by atoms with Gasteiger partial charge in [-0.3, -0.25) is 4.79 Å². The minimum Gasteiger partial charge on any atom is -0.317 e. The maximum Gasteiger partial charge on any atom is 0.151 e. The van der Waals surface area contributed by atoms with Crippen LogP contribution in [0.3, 0.4) is 0 Å². The first kappa shape index (κ1) is 11.9. The molecule has 1 aromatic carbocycles. The highest BCUT2D eigenvalue weighted by molar-refractivity contribution is 6.30. The normalized spacial score (nSPS) is 10.6. The lowest BCUT2D eigenvalue weighted by Crippen LogP contribution is -2.01. The number of halogens is 1. The molecule has 0 fully saturated rings. The van der Waals surface area contributed by atoms with Crippen molar-refractivity contribution < 1.29 is 4.79 Å². The first-order chi connectivity index (χ1) is 8.04. The molecule has 2 aromatic rings. The van der Waals surface area contributed by atoms with Crippen molar-refractivity contribution in [2.75, 3.05) is 0 Å². The molecule has 0 bridgehead atoms. The molecule has 2 rings (SSSR count). The second kappa shape index (κ2) is 4.38. The van der Waals surface area contributed by atoms with Crippen LogP contribution in [0.15, 0.2) is 24.3 Å². The molecule has 0 N–H and O–H groups in total. The summed E-state index contributed by atoms with van der Waals surface area (Å²) in [6, 6.07) is 7.67. The van der Waals surface area contributed by atoms with E-state index in [1.165, 1.54) is 0 Å². The van der Waals surface area contributed by atoms with E-state index in [-0.39, 0.29) is 0 Å². The van der Waals surface area contributed by atoms with Crippen molar-refractivity contribution in [3.8, 4) is 5.69 Å². The third-order valence-corrected chi connectivity index (χ3v) is 3.24. The number of aryl methyl sites for hydroxylation is 2. The third-order valence-electron chi connectivity index (χ3n) is 3.01. The van der Waals surface area contributed by atoms with Crippen molar-refractivity contribution in [2.24, 2.45) is 0 Å². The molecule has 1 aromatic heterocycles. The van der Waals surface area contributed by atoms with Crippen LogP contribution in [0.1, 0.15) is 27.3 Å². The third kappa shape index (κ3) is 2.01. The van der Waals surface area contributed by atoms with Crippen molar-refractivity contribution >= 4 is 17.9 Å². The fourth-order valence-corrected chi connectivity index (χ4v) is 2.27. The van der Waals surface area contributed by atoms with Crippen LogP contribution in [0.4, 0.5) is 0 Å². The Morgan fingerprint density at radius 2 is 1.88 bits per heavy atom. The van der Waals surface area contributed by atoms with Crippen LogP contribution in [-0.4, -0.2) is 10.9 Å². The largest absolute Gasteiger partial charge is 0.317 e. The van der Waals surface area contributed by atoms with Crippen molar-refractivity contribution in [2.45, 2.75) is 20.8 Å². The average molecular weight is 248 g/mol. The van der Waals surface area contributed by atoms with Gasteiger partial charge in [0.05, 0.1) is 0 Å². The molecule has 17 heavy (non-hydrogen) atoms. The van der Waals surface area contributed by atoms with E-state index >= 15 is 0 Å². The minimum absolute atomic E-state index is 0.700. The molecular formula is C14H14ClNO. The fraction of sp³-hybridized carbons (Fsp3) is 0.214. The lowest BCUT2D eigenvalue weighted by Gasteiger charge is -2.13. The second-order valence-corrected chi connectivity index (χ2v) is 4.65. The van der Waals surface area contributed by atoms with Crippen LogP contribution < -0.4 is 0 Å². The summed E-state index contributed by atoms with van der Waals surface area (Å²) >= 11 is 6.03. The van der Waals surface area contributed by atoms with Crippen molar-refractivity contribution in [3.05, 3.63) is 51.8 Å². The average Bonchev–Trinajstić information content (AvgIpc) is 2.58. The molecule has 0 unspecified atom stereocenters. The fourth-order valence-electron chi connectivity index (χ4n) is 2.10. The van der Waals surface area contributed by atoms with Crippen LogP contribution in [0, 0.1) is 20.8 Å². The summed E-state index contributed by atoms with van der Waals surface area (Å²) < 4.78 is 2.06. The maximum absolute atomic E-state index is 10.9. The number of aldehydes is 1. The summed E-state index contributed by atoms with van der Waals surface area (Å²) in [5.41, 5.74) is 4.87. The Morgan fingerprint density at radius 3 is 2.47 bits per heavy atom. The lowest BCUT2D eigenvalue weighted by atomic mass is 10.2. The molecule has 0 saturated carbocycles. The number of hydrogen-bond acceptors (Lipinski definition) is 1. The summed E-state index contributed by atoms with van der Waals surface area (Å²) in [4.78, 5) is 10.9. The summed E-state index contributed by atoms with van der Waals surface area (Å²) in [7, 11) is 0. The van der Waals surface area contributed by atoms with E-state index in [0.29, 0.717) is 5.02 Å². The Bertz CT molecular complexity index is 584. The Labute approximate surface area is 106 Å². The zero-order valence-electron chi connectivity index (χ0n) is 10.1.